The number of hydrogen-bond donors (Lipinski definition) is 3. The van der Waals surface area contributed by atoms with Crippen molar-refractivity contribution >= 4 is 23.4 Å². The highest BCUT2D eigenvalue weighted by Crippen LogP contribution is 2.22. The summed E-state index contributed by atoms with van der Waals surface area (Å²) in [6.45, 7) is 1.82. The predicted octanol–water partition coefficient (Wildman–Crippen LogP) is 1.26. The van der Waals surface area contributed by atoms with Crippen LogP contribution in [0, 0.1) is 6.92 Å². The third kappa shape index (κ3) is 2.26. The van der Waals surface area contributed by atoms with E-state index in [2.05, 4.69) is 0 Å². The van der Waals surface area contributed by atoms with Crippen molar-refractivity contribution in [2.75, 3.05) is 11.5 Å². The van der Waals surface area contributed by atoms with Gasteiger partial charge >= 0.3 is 5.97 Å². The lowest BCUT2D eigenvalue weighted by Crippen LogP contribution is -1.97. The van der Waals surface area contributed by atoms with Crippen molar-refractivity contribution in [3.63, 3.8) is 0 Å². The Morgan fingerprint density at radius 1 is 1.43 bits per heavy atom. The van der Waals surface area contributed by atoms with E-state index in [-0.39, 0.29) is 0 Å². The summed E-state index contributed by atoms with van der Waals surface area (Å²) in [5.74, 6) is -0.988. The Labute approximate surface area is 81.8 Å². The molecule has 74 valence electrons. The SMILES string of the molecule is Cc1cc(C=CC(=O)O)cc(N)c1N. The van der Waals surface area contributed by atoms with E-state index < -0.39 is 5.97 Å². The number of anilines is 2. The smallest absolute Gasteiger partial charge is 0.328 e. The monoisotopic (exact) mass is 192 g/mol. The van der Waals surface area contributed by atoms with Crippen LogP contribution in [-0.2, 0) is 4.79 Å². The average molecular weight is 192 g/mol. The number of aliphatic carboxylic acids is 1. The molecule has 0 aliphatic rings. The van der Waals surface area contributed by atoms with Gasteiger partial charge in [0.2, 0.25) is 0 Å². The van der Waals surface area contributed by atoms with Crippen molar-refractivity contribution in [3.05, 3.63) is 29.3 Å². The van der Waals surface area contributed by atoms with Crippen LogP contribution in [0.3, 0.4) is 0 Å². The first-order chi connectivity index (χ1) is 6.50. The van der Waals surface area contributed by atoms with Crippen LogP contribution in [0.4, 0.5) is 11.4 Å². The van der Waals surface area contributed by atoms with Crippen LogP contribution in [0.25, 0.3) is 6.08 Å². The number of carboxylic acid groups (broad SMARTS) is 1. The second-order valence-electron chi connectivity index (χ2n) is 3.01. The first-order valence-corrected chi connectivity index (χ1v) is 4.07. The van der Waals surface area contributed by atoms with Crippen LogP contribution in [-0.4, -0.2) is 11.1 Å². The van der Waals surface area contributed by atoms with Gasteiger partial charge in [-0.2, -0.15) is 0 Å². The summed E-state index contributed by atoms with van der Waals surface area (Å²) in [7, 11) is 0. The summed E-state index contributed by atoms with van der Waals surface area (Å²) in [5, 5.41) is 8.43. The maximum atomic E-state index is 10.3. The highest BCUT2D eigenvalue weighted by molar-refractivity contribution is 5.86. The van der Waals surface area contributed by atoms with Crippen LogP contribution in [0.2, 0.25) is 0 Å². The standard InChI is InChI=1S/C10H12N2O2/c1-6-4-7(2-3-9(13)14)5-8(11)10(6)12/h2-5H,11-12H2,1H3,(H,13,14). The minimum absolute atomic E-state index is 0.468. The molecule has 0 fully saturated rings. The summed E-state index contributed by atoms with van der Waals surface area (Å²) in [6.07, 6.45) is 2.54. The molecule has 0 radical (unpaired) electrons. The predicted molar refractivity (Wildman–Crippen MR) is 56.7 cm³/mol. The lowest BCUT2D eigenvalue weighted by atomic mass is 10.1. The van der Waals surface area contributed by atoms with E-state index in [9.17, 15) is 4.79 Å². The fraction of sp³-hybridized carbons (Fsp3) is 0.100. The van der Waals surface area contributed by atoms with Crippen molar-refractivity contribution in [1.82, 2.24) is 0 Å². The van der Waals surface area contributed by atoms with E-state index in [1.165, 1.54) is 6.08 Å². The van der Waals surface area contributed by atoms with Gasteiger partial charge in [-0.15, -0.1) is 0 Å². The number of benzene rings is 1. The molecule has 0 heterocycles. The van der Waals surface area contributed by atoms with E-state index in [4.69, 9.17) is 16.6 Å². The van der Waals surface area contributed by atoms with Crippen LogP contribution in [0.5, 0.6) is 0 Å². The minimum atomic E-state index is -0.988. The second-order valence-corrected chi connectivity index (χ2v) is 3.01. The largest absolute Gasteiger partial charge is 0.478 e. The third-order valence-electron chi connectivity index (χ3n) is 1.86. The molecule has 0 amide bonds. The van der Waals surface area contributed by atoms with Crippen LogP contribution in [0.15, 0.2) is 18.2 Å². The lowest BCUT2D eigenvalue weighted by molar-refractivity contribution is -0.131. The summed E-state index contributed by atoms with van der Waals surface area (Å²) in [5.41, 5.74) is 13.8. The number of nitrogens with two attached hydrogens (primary N) is 2. The minimum Gasteiger partial charge on any atom is -0.478 e. The zero-order valence-corrected chi connectivity index (χ0v) is 7.82. The zero-order chi connectivity index (χ0) is 10.7. The number of carboxylic acids is 1. The first-order valence-electron chi connectivity index (χ1n) is 4.07. The lowest BCUT2D eigenvalue weighted by Gasteiger charge is -2.05. The van der Waals surface area contributed by atoms with Crippen LogP contribution < -0.4 is 11.5 Å². The molecule has 4 heteroatoms. The first kappa shape index (κ1) is 10.1. The van der Waals surface area contributed by atoms with Gasteiger partial charge in [0.1, 0.15) is 0 Å². The number of nitrogen functional groups attached to an aromatic ring is 2. The molecule has 1 aromatic rings. The second kappa shape index (κ2) is 3.83. The summed E-state index contributed by atoms with van der Waals surface area (Å²) < 4.78 is 0. The van der Waals surface area contributed by atoms with Gasteiger partial charge in [-0.05, 0) is 36.3 Å². The van der Waals surface area contributed by atoms with E-state index >= 15 is 0 Å². The number of carbonyl (C=O) groups is 1. The molecule has 4 nitrogen and oxygen atoms in total. The maximum Gasteiger partial charge on any atom is 0.328 e. The van der Waals surface area contributed by atoms with Crippen molar-refractivity contribution in [2.45, 2.75) is 6.92 Å². The Morgan fingerprint density at radius 2 is 2.07 bits per heavy atom. The Bertz CT molecular complexity index is 374. The molecule has 0 saturated carbocycles. The molecule has 0 unspecified atom stereocenters. The molecular formula is C10H12N2O2. The zero-order valence-electron chi connectivity index (χ0n) is 7.82. The Balaban J connectivity index is 3.07. The Kier molecular flexibility index (Phi) is 2.76. The molecule has 0 spiro atoms. The van der Waals surface area contributed by atoms with Crippen LogP contribution >= 0.6 is 0 Å². The Morgan fingerprint density at radius 3 is 2.57 bits per heavy atom. The number of rotatable bonds is 2. The van der Waals surface area contributed by atoms with Crippen molar-refractivity contribution in [3.8, 4) is 0 Å². The molecule has 5 N–H and O–H groups in total. The van der Waals surface area contributed by atoms with Gasteiger partial charge in [0, 0.05) is 6.08 Å². The molecule has 14 heavy (non-hydrogen) atoms. The van der Waals surface area contributed by atoms with Crippen molar-refractivity contribution < 1.29 is 9.90 Å². The van der Waals surface area contributed by atoms with Gasteiger partial charge in [0.15, 0.2) is 0 Å². The summed E-state index contributed by atoms with van der Waals surface area (Å²) >= 11 is 0. The van der Waals surface area contributed by atoms with Crippen LogP contribution in [0.1, 0.15) is 11.1 Å². The maximum absolute atomic E-state index is 10.3. The van der Waals surface area contributed by atoms with Gasteiger partial charge in [-0.1, -0.05) is 0 Å². The molecule has 0 aliphatic heterocycles. The topological polar surface area (TPSA) is 89.3 Å². The van der Waals surface area contributed by atoms with E-state index in [1.807, 2.05) is 6.92 Å². The van der Waals surface area contributed by atoms with Gasteiger partial charge in [-0.25, -0.2) is 4.79 Å². The highest BCUT2D eigenvalue weighted by atomic mass is 16.4. The molecular weight excluding hydrogens is 180 g/mol. The van der Waals surface area contributed by atoms with Gasteiger partial charge in [0.25, 0.3) is 0 Å². The third-order valence-corrected chi connectivity index (χ3v) is 1.86. The fourth-order valence-corrected chi connectivity index (χ4v) is 1.12. The molecule has 0 aliphatic carbocycles. The van der Waals surface area contributed by atoms with Gasteiger partial charge in [0.05, 0.1) is 11.4 Å². The van der Waals surface area contributed by atoms with E-state index in [0.717, 1.165) is 17.2 Å². The Hall–Kier alpha value is -1.97. The molecule has 0 bridgehead atoms. The van der Waals surface area contributed by atoms with Crippen molar-refractivity contribution in [1.29, 1.82) is 0 Å². The van der Waals surface area contributed by atoms with Gasteiger partial charge < -0.3 is 16.6 Å². The normalized spacial score (nSPS) is 10.6. The van der Waals surface area contributed by atoms with Gasteiger partial charge in [-0.3, -0.25) is 0 Å². The summed E-state index contributed by atoms with van der Waals surface area (Å²) in [6, 6.07) is 3.42. The molecule has 1 aromatic carbocycles. The number of aryl methyl sites for hydroxylation is 1. The van der Waals surface area contributed by atoms with Crippen molar-refractivity contribution in [2.24, 2.45) is 0 Å². The average Bonchev–Trinajstić information content (AvgIpc) is 2.10. The molecule has 0 saturated heterocycles. The quantitative estimate of drug-likeness (QED) is 0.486. The van der Waals surface area contributed by atoms with E-state index in [0.29, 0.717) is 11.4 Å². The fourth-order valence-electron chi connectivity index (χ4n) is 1.12. The summed E-state index contributed by atoms with van der Waals surface area (Å²) in [4.78, 5) is 10.3. The van der Waals surface area contributed by atoms with E-state index in [1.54, 1.807) is 12.1 Å². The molecule has 0 aromatic heterocycles. The molecule has 0 atom stereocenters. The molecule has 1 rings (SSSR count). The highest BCUT2D eigenvalue weighted by Gasteiger charge is 2.00. The number of hydrogen-bond acceptors (Lipinski definition) is 3.